The highest BCUT2D eigenvalue weighted by Crippen LogP contribution is 2.80. The van der Waals surface area contributed by atoms with E-state index >= 15 is 0 Å². The van der Waals surface area contributed by atoms with E-state index in [1.165, 1.54) is 6.42 Å². The van der Waals surface area contributed by atoms with Crippen LogP contribution in [0, 0.1) is 29.6 Å². The number of allylic oxidation sites excluding steroid dienone is 1. The first-order valence-corrected chi connectivity index (χ1v) is 6.44. The summed E-state index contributed by atoms with van der Waals surface area (Å²) in [5, 5.41) is 0. The quantitative estimate of drug-likeness (QED) is 0.597. The molecule has 0 radical (unpaired) electrons. The maximum absolute atomic E-state index is 6.29. The zero-order chi connectivity index (χ0) is 10.5. The molecule has 6 atom stereocenters. The van der Waals surface area contributed by atoms with Gasteiger partial charge in [0, 0.05) is 11.8 Å². The van der Waals surface area contributed by atoms with Crippen molar-refractivity contribution in [2.45, 2.75) is 45.8 Å². The van der Waals surface area contributed by atoms with Crippen LogP contribution in [0.25, 0.3) is 0 Å². The van der Waals surface area contributed by atoms with Gasteiger partial charge in [0.15, 0.2) is 0 Å². The molecule has 1 heteroatoms. The molecule has 1 nitrogen and oxygen atoms in total. The van der Waals surface area contributed by atoms with Crippen LogP contribution >= 0.6 is 0 Å². The van der Waals surface area contributed by atoms with Crippen LogP contribution in [-0.2, 0) is 4.74 Å². The van der Waals surface area contributed by atoms with Gasteiger partial charge in [0.25, 0.3) is 0 Å². The molecule has 0 amide bonds. The van der Waals surface area contributed by atoms with E-state index in [-0.39, 0.29) is 0 Å². The highest BCUT2D eigenvalue weighted by molar-refractivity contribution is 5.44. The minimum Gasteiger partial charge on any atom is -0.370 e. The lowest BCUT2D eigenvalue weighted by atomic mass is 9.72. The van der Waals surface area contributed by atoms with Crippen molar-refractivity contribution in [1.82, 2.24) is 0 Å². The number of ether oxygens (including phenoxy) is 1. The van der Waals surface area contributed by atoms with E-state index in [1.807, 2.05) is 0 Å². The first-order valence-electron chi connectivity index (χ1n) is 6.44. The van der Waals surface area contributed by atoms with Crippen LogP contribution < -0.4 is 0 Å². The maximum atomic E-state index is 6.29. The average molecular weight is 204 g/mol. The molecule has 15 heavy (non-hydrogen) atoms. The SMILES string of the molecule is CC(C)=C1[C@H]2[C@H]3O[C@@]4(C(C)C)[C@@H]3[C@@H]1C[C@@H]24. The molecule has 5 fully saturated rings. The second-order valence-corrected chi connectivity index (χ2v) is 6.55. The second-order valence-electron chi connectivity index (χ2n) is 6.55. The average Bonchev–Trinajstić information content (AvgIpc) is 2.69. The summed E-state index contributed by atoms with van der Waals surface area (Å²) in [7, 11) is 0. The molecule has 0 aromatic rings. The largest absolute Gasteiger partial charge is 0.370 e. The number of rotatable bonds is 1. The molecule has 0 spiro atoms. The van der Waals surface area contributed by atoms with Gasteiger partial charge in [-0.3, -0.25) is 0 Å². The third-order valence-electron chi connectivity index (χ3n) is 5.76. The van der Waals surface area contributed by atoms with Crippen LogP contribution in [0.1, 0.15) is 34.1 Å². The third kappa shape index (κ3) is 0.627. The zero-order valence-electron chi connectivity index (χ0n) is 10.1. The van der Waals surface area contributed by atoms with Crippen molar-refractivity contribution in [3.63, 3.8) is 0 Å². The van der Waals surface area contributed by atoms with Gasteiger partial charge in [0.05, 0.1) is 11.7 Å². The Labute approximate surface area is 91.9 Å². The fraction of sp³-hybridized carbons (Fsp3) is 0.857. The van der Waals surface area contributed by atoms with Crippen LogP contribution in [0.3, 0.4) is 0 Å². The minimum atomic E-state index is 0.318. The van der Waals surface area contributed by atoms with Gasteiger partial charge in [-0.2, -0.15) is 0 Å². The highest BCUT2D eigenvalue weighted by Gasteiger charge is 2.83. The molecular formula is C14H20O. The molecule has 6 bridgehead atoms. The molecule has 5 rings (SSSR count). The lowest BCUT2D eigenvalue weighted by molar-refractivity contribution is -0.229. The van der Waals surface area contributed by atoms with E-state index in [0.29, 0.717) is 11.7 Å². The van der Waals surface area contributed by atoms with Gasteiger partial charge in [0.1, 0.15) is 0 Å². The topological polar surface area (TPSA) is 9.23 Å². The van der Waals surface area contributed by atoms with Crippen molar-refractivity contribution >= 4 is 0 Å². The molecule has 5 aliphatic rings. The fourth-order valence-corrected chi connectivity index (χ4v) is 5.62. The Kier molecular flexibility index (Phi) is 1.29. The highest BCUT2D eigenvalue weighted by atomic mass is 16.6. The van der Waals surface area contributed by atoms with Gasteiger partial charge in [0.2, 0.25) is 0 Å². The van der Waals surface area contributed by atoms with Crippen molar-refractivity contribution in [3.8, 4) is 0 Å². The molecule has 0 unspecified atom stereocenters. The van der Waals surface area contributed by atoms with Gasteiger partial charge in [-0.1, -0.05) is 25.0 Å². The van der Waals surface area contributed by atoms with Gasteiger partial charge < -0.3 is 4.74 Å². The zero-order valence-corrected chi connectivity index (χ0v) is 10.1. The lowest BCUT2D eigenvalue weighted by Gasteiger charge is -2.49. The van der Waals surface area contributed by atoms with Crippen LogP contribution in [0.2, 0.25) is 0 Å². The first kappa shape index (κ1) is 8.81. The van der Waals surface area contributed by atoms with Gasteiger partial charge in [-0.25, -0.2) is 0 Å². The van der Waals surface area contributed by atoms with Gasteiger partial charge in [-0.15, -0.1) is 0 Å². The van der Waals surface area contributed by atoms with E-state index < -0.39 is 0 Å². The second kappa shape index (κ2) is 2.20. The van der Waals surface area contributed by atoms with E-state index in [2.05, 4.69) is 27.7 Å². The third-order valence-corrected chi connectivity index (χ3v) is 5.76. The summed E-state index contributed by atoms with van der Waals surface area (Å²) in [5.74, 6) is 4.23. The summed E-state index contributed by atoms with van der Waals surface area (Å²) in [6.07, 6.45) is 2.06. The number of hydrogen-bond acceptors (Lipinski definition) is 1. The monoisotopic (exact) mass is 204 g/mol. The van der Waals surface area contributed by atoms with E-state index in [0.717, 1.165) is 29.6 Å². The molecular weight excluding hydrogens is 184 g/mol. The van der Waals surface area contributed by atoms with E-state index in [4.69, 9.17) is 4.74 Å². The first-order chi connectivity index (χ1) is 7.09. The Morgan fingerprint density at radius 2 is 2.13 bits per heavy atom. The standard InChI is InChI=1S/C14H20O/c1-6(2)10-8-5-9-11(10)13-12(8)14(9,15-13)7(3)4/h7-9,11-13H,5H2,1-4H3/t8-,9+,11+,12-,13-,14-/m1/s1. The fourth-order valence-electron chi connectivity index (χ4n) is 5.62. The van der Waals surface area contributed by atoms with E-state index in [9.17, 15) is 0 Å². The minimum absolute atomic E-state index is 0.318. The Balaban J connectivity index is 1.85. The molecule has 4 saturated carbocycles. The van der Waals surface area contributed by atoms with Gasteiger partial charge in [-0.05, 0) is 38.0 Å². The Hall–Kier alpha value is -0.300. The van der Waals surface area contributed by atoms with Gasteiger partial charge >= 0.3 is 0 Å². The molecule has 0 aromatic heterocycles. The van der Waals surface area contributed by atoms with Crippen LogP contribution in [0.4, 0.5) is 0 Å². The normalized spacial score (nSPS) is 58.2. The molecule has 1 heterocycles. The molecule has 0 aromatic carbocycles. The van der Waals surface area contributed by atoms with Crippen molar-refractivity contribution in [1.29, 1.82) is 0 Å². The molecule has 0 N–H and O–H groups in total. The van der Waals surface area contributed by atoms with Crippen molar-refractivity contribution in [3.05, 3.63) is 11.1 Å². The van der Waals surface area contributed by atoms with Crippen molar-refractivity contribution in [2.75, 3.05) is 0 Å². The van der Waals surface area contributed by atoms with Crippen LogP contribution in [0.15, 0.2) is 11.1 Å². The van der Waals surface area contributed by atoms with Crippen LogP contribution in [-0.4, -0.2) is 11.7 Å². The lowest BCUT2D eigenvalue weighted by Crippen LogP contribution is -2.56. The Morgan fingerprint density at radius 3 is 2.60 bits per heavy atom. The Morgan fingerprint density at radius 1 is 1.40 bits per heavy atom. The van der Waals surface area contributed by atoms with Crippen LogP contribution in [0.5, 0.6) is 0 Å². The summed E-state index contributed by atoms with van der Waals surface area (Å²) in [4.78, 5) is 0. The van der Waals surface area contributed by atoms with E-state index in [1.54, 1.807) is 11.1 Å². The molecule has 82 valence electrons. The molecule has 4 aliphatic carbocycles. The predicted molar refractivity (Wildman–Crippen MR) is 59.4 cm³/mol. The number of hydrogen-bond donors (Lipinski definition) is 0. The Bertz CT molecular complexity index is 373. The summed E-state index contributed by atoms with van der Waals surface area (Å²) in [5.41, 5.74) is 3.70. The maximum Gasteiger partial charge on any atom is 0.0803 e. The smallest absolute Gasteiger partial charge is 0.0803 e. The summed E-state index contributed by atoms with van der Waals surface area (Å²) >= 11 is 0. The summed E-state index contributed by atoms with van der Waals surface area (Å²) in [6, 6.07) is 0. The molecule has 1 saturated heterocycles. The van der Waals surface area contributed by atoms with Crippen molar-refractivity contribution < 1.29 is 4.74 Å². The summed E-state index contributed by atoms with van der Waals surface area (Å²) < 4.78 is 6.29. The predicted octanol–water partition coefficient (Wildman–Crippen LogP) is 3.01. The molecule has 1 aliphatic heterocycles. The summed E-state index contributed by atoms with van der Waals surface area (Å²) in [6.45, 7) is 9.30. The van der Waals surface area contributed by atoms with Crippen molar-refractivity contribution in [2.24, 2.45) is 29.6 Å².